The van der Waals surface area contributed by atoms with Crippen LogP contribution in [0.3, 0.4) is 0 Å². The molecule has 1 aromatic rings. The van der Waals surface area contributed by atoms with E-state index >= 15 is 0 Å². The molecule has 0 N–H and O–H groups in total. The van der Waals surface area contributed by atoms with Crippen molar-refractivity contribution in [1.29, 1.82) is 0 Å². The van der Waals surface area contributed by atoms with E-state index in [1.54, 1.807) is 29.4 Å². The summed E-state index contributed by atoms with van der Waals surface area (Å²) in [6, 6.07) is 3.46. The van der Waals surface area contributed by atoms with Gasteiger partial charge in [-0.3, -0.25) is 14.6 Å². The highest BCUT2D eigenvalue weighted by Gasteiger charge is 2.16. The van der Waals surface area contributed by atoms with Gasteiger partial charge in [-0.2, -0.15) is 0 Å². The molecule has 0 fully saturated rings. The van der Waals surface area contributed by atoms with E-state index in [0.717, 1.165) is 12.8 Å². The van der Waals surface area contributed by atoms with Crippen molar-refractivity contribution in [3.63, 3.8) is 0 Å². The number of esters is 1. The minimum Gasteiger partial charge on any atom is -0.469 e. The van der Waals surface area contributed by atoms with E-state index in [0.29, 0.717) is 18.7 Å². The van der Waals surface area contributed by atoms with Gasteiger partial charge in [-0.1, -0.05) is 13.3 Å². The molecule has 0 saturated heterocycles. The van der Waals surface area contributed by atoms with Gasteiger partial charge in [0.2, 0.25) is 0 Å². The van der Waals surface area contributed by atoms with Gasteiger partial charge in [-0.25, -0.2) is 0 Å². The fraction of sp³-hybridized carbons (Fsp3) is 0.500. The molecule has 0 aromatic carbocycles. The lowest BCUT2D eigenvalue weighted by molar-refractivity contribution is -0.140. The lowest BCUT2D eigenvalue weighted by Gasteiger charge is -2.22. The van der Waals surface area contributed by atoms with Gasteiger partial charge in [-0.05, 0) is 18.6 Å². The summed E-state index contributed by atoms with van der Waals surface area (Å²) >= 11 is 0. The topological polar surface area (TPSA) is 59.5 Å². The Balaban J connectivity index is 2.67. The quantitative estimate of drug-likeness (QED) is 0.706. The fourth-order valence-corrected chi connectivity index (χ4v) is 1.66. The standard InChI is InChI=1S/C14H20N2O3/c1-3-4-9-16(10-7-13(17)19-2)14(18)12-6-5-8-15-11-12/h5-6,8,11H,3-4,7,9-10H2,1-2H3. The minimum absolute atomic E-state index is 0.0922. The van der Waals surface area contributed by atoms with Crippen molar-refractivity contribution in [2.24, 2.45) is 0 Å². The van der Waals surface area contributed by atoms with Gasteiger partial charge in [0.25, 0.3) is 5.91 Å². The zero-order valence-electron chi connectivity index (χ0n) is 11.5. The maximum atomic E-state index is 12.3. The molecule has 0 aliphatic carbocycles. The van der Waals surface area contributed by atoms with Crippen LogP contribution in [0.25, 0.3) is 0 Å². The highest BCUT2D eigenvalue weighted by atomic mass is 16.5. The zero-order valence-corrected chi connectivity index (χ0v) is 11.5. The molecule has 1 rings (SSSR count). The summed E-state index contributed by atoms with van der Waals surface area (Å²) < 4.78 is 4.60. The summed E-state index contributed by atoms with van der Waals surface area (Å²) in [5, 5.41) is 0. The monoisotopic (exact) mass is 264 g/mol. The smallest absolute Gasteiger partial charge is 0.307 e. The van der Waals surface area contributed by atoms with E-state index in [4.69, 9.17) is 0 Å². The highest BCUT2D eigenvalue weighted by molar-refractivity contribution is 5.94. The van der Waals surface area contributed by atoms with Crippen molar-refractivity contribution >= 4 is 11.9 Å². The Morgan fingerprint density at radius 2 is 2.16 bits per heavy atom. The second-order valence-corrected chi connectivity index (χ2v) is 4.21. The maximum absolute atomic E-state index is 12.3. The molecule has 0 spiro atoms. The van der Waals surface area contributed by atoms with Crippen LogP contribution in [0.15, 0.2) is 24.5 Å². The van der Waals surface area contributed by atoms with Crippen LogP contribution in [0.1, 0.15) is 36.5 Å². The number of aromatic nitrogens is 1. The van der Waals surface area contributed by atoms with Gasteiger partial charge in [0.15, 0.2) is 0 Å². The van der Waals surface area contributed by atoms with Gasteiger partial charge in [0.1, 0.15) is 0 Å². The molecule has 0 aliphatic heterocycles. The van der Waals surface area contributed by atoms with E-state index in [2.05, 4.69) is 16.6 Å². The number of unbranched alkanes of at least 4 members (excludes halogenated alkanes) is 1. The average Bonchev–Trinajstić information content (AvgIpc) is 2.47. The van der Waals surface area contributed by atoms with Crippen molar-refractivity contribution in [2.45, 2.75) is 26.2 Å². The Hall–Kier alpha value is -1.91. The fourth-order valence-electron chi connectivity index (χ4n) is 1.66. The number of amides is 1. The predicted molar refractivity (Wildman–Crippen MR) is 71.7 cm³/mol. The summed E-state index contributed by atoms with van der Waals surface area (Å²) in [7, 11) is 1.35. The van der Waals surface area contributed by atoms with Gasteiger partial charge >= 0.3 is 5.97 Å². The Morgan fingerprint density at radius 3 is 2.74 bits per heavy atom. The van der Waals surface area contributed by atoms with Crippen LogP contribution in [-0.2, 0) is 9.53 Å². The minimum atomic E-state index is -0.305. The van der Waals surface area contributed by atoms with Gasteiger partial charge in [0, 0.05) is 25.5 Å². The Bertz CT molecular complexity index is 406. The molecule has 0 radical (unpaired) electrons. The molecule has 0 bridgehead atoms. The number of pyridine rings is 1. The molecule has 19 heavy (non-hydrogen) atoms. The summed E-state index contributed by atoms with van der Waals surface area (Å²) in [5.41, 5.74) is 0.545. The first-order valence-corrected chi connectivity index (χ1v) is 6.45. The number of hydrogen-bond acceptors (Lipinski definition) is 4. The Morgan fingerprint density at radius 1 is 1.37 bits per heavy atom. The molecule has 5 nitrogen and oxygen atoms in total. The first-order chi connectivity index (χ1) is 9.19. The number of methoxy groups -OCH3 is 1. The molecule has 0 saturated carbocycles. The van der Waals surface area contributed by atoms with Gasteiger partial charge < -0.3 is 9.64 Å². The lowest BCUT2D eigenvalue weighted by atomic mass is 10.2. The third-order valence-corrected chi connectivity index (χ3v) is 2.79. The summed E-state index contributed by atoms with van der Waals surface area (Å²) in [4.78, 5) is 29.1. The number of rotatable bonds is 7. The molecule has 0 unspecified atom stereocenters. The van der Waals surface area contributed by atoms with Crippen molar-refractivity contribution in [2.75, 3.05) is 20.2 Å². The molecule has 1 aromatic heterocycles. The molecule has 0 atom stereocenters. The normalized spacial score (nSPS) is 10.0. The number of ether oxygens (including phenoxy) is 1. The lowest BCUT2D eigenvalue weighted by Crippen LogP contribution is -2.34. The summed E-state index contributed by atoms with van der Waals surface area (Å²) in [5.74, 6) is -0.397. The summed E-state index contributed by atoms with van der Waals surface area (Å²) in [6.45, 7) is 3.08. The second-order valence-electron chi connectivity index (χ2n) is 4.21. The Kier molecular flexibility index (Phi) is 6.57. The molecular formula is C14H20N2O3. The van der Waals surface area contributed by atoms with Crippen LogP contribution in [-0.4, -0.2) is 42.0 Å². The largest absolute Gasteiger partial charge is 0.469 e. The molecule has 1 heterocycles. The number of carbonyl (C=O) groups is 2. The van der Waals surface area contributed by atoms with E-state index in [1.807, 2.05) is 0 Å². The first-order valence-electron chi connectivity index (χ1n) is 6.45. The predicted octanol–water partition coefficient (Wildman–Crippen LogP) is 1.89. The Labute approximate surface area is 113 Å². The number of hydrogen-bond donors (Lipinski definition) is 0. The third kappa shape index (κ3) is 5.07. The van der Waals surface area contributed by atoms with Crippen LogP contribution in [0.4, 0.5) is 0 Å². The van der Waals surface area contributed by atoms with Crippen molar-refractivity contribution in [3.8, 4) is 0 Å². The van der Waals surface area contributed by atoms with Crippen LogP contribution < -0.4 is 0 Å². The summed E-state index contributed by atoms with van der Waals surface area (Å²) in [6.07, 6.45) is 5.29. The second kappa shape index (κ2) is 8.24. The molecule has 0 aliphatic rings. The average molecular weight is 264 g/mol. The first kappa shape index (κ1) is 15.1. The highest BCUT2D eigenvalue weighted by Crippen LogP contribution is 2.06. The van der Waals surface area contributed by atoms with E-state index in [9.17, 15) is 9.59 Å². The van der Waals surface area contributed by atoms with Crippen LogP contribution >= 0.6 is 0 Å². The van der Waals surface area contributed by atoms with Crippen LogP contribution in [0.5, 0.6) is 0 Å². The van der Waals surface area contributed by atoms with Crippen molar-refractivity contribution in [3.05, 3.63) is 30.1 Å². The molecular weight excluding hydrogens is 244 g/mol. The van der Waals surface area contributed by atoms with Gasteiger partial charge in [0.05, 0.1) is 19.1 Å². The van der Waals surface area contributed by atoms with Crippen LogP contribution in [0.2, 0.25) is 0 Å². The van der Waals surface area contributed by atoms with Crippen LogP contribution in [0, 0.1) is 0 Å². The number of nitrogens with zero attached hydrogens (tertiary/aromatic N) is 2. The molecule has 5 heteroatoms. The molecule has 1 amide bonds. The van der Waals surface area contributed by atoms with Crippen molar-refractivity contribution < 1.29 is 14.3 Å². The number of carbonyl (C=O) groups excluding carboxylic acids is 2. The van der Waals surface area contributed by atoms with Gasteiger partial charge in [-0.15, -0.1) is 0 Å². The molecule has 104 valence electrons. The SMILES string of the molecule is CCCCN(CCC(=O)OC)C(=O)c1cccnc1. The third-order valence-electron chi connectivity index (χ3n) is 2.79. The maximum Gasteiger partial charge on any atom is 0.307 e. The van der Waals surface area contributed by atoms with E-state index in [1.165, 1.54) is 7.11 Å². The van der Waals surface area contributed by atoms with Crippen molar-refractivity contribution in [1.82, 2.24) is 9.88 Å². The zero-order chi connectivity index (χ0) is 14.1. The van der Waals surface area contributed by atoms with E-state index < -0.39 is 0 Å². The van der Waals surface area contributed by atoms with E-state index in [-0.39, 0.29) is 18.3 Å².